The molecule has 3 amide bonds. The van der Waals surface area contributed by atoms with Gasteiger partial charge in [-0.05, 0) is 78.9 Å². The van der Waals surface area contributed by atoms with E-state index in [4.69, 9.17) is 4.74 Å². The van der Waals surface area contributed by atoms with E-state index in [0.717, 1.165) is 28.8 Å². The van der Waals surface area contributed by atoms with Crippen LogP contribution in [0.5, 0.6) is 5.75 Å². The van der Waals surface area contributed by atoms with E-state index in [-0.39, 0.29) is 12.5 Å². The number of nitrogens with zero attached hydrogens (tertiary/aromatic N) is 1. The van der Waals surface area contributed by atoms with Crippen molar-refractivity contribution in [2.45, 2.75) is 27.2 Å². The van der Waals surface area contributed by atoms with Gasteiger partial charge in [-0.3, -0.25) is 14.4 Å². The predicted octanol–water partition coefficient (Wildman–Crippen LogP) is 3.97. The monoisotopic (exact) mass is 472 g/mol. The number of anilines is 2. The maximum Gasteiger partial charge on any atom is 0.329 e. The Kier molecular flexibility index (Phi) is 8.72. The number of aryl methyl sites for hydroxylation is 2. The lowest BCUT2D eigenvalue weighted by Crippen LogP contribution is -2.32. The fraction of sp³-hybridized carbons (Fsp3) is 0.185. The molecule has 0 saturated heterocycles. The molecule has 0 saturated carbocycles. The first kappa shape index (κ1) is 25.2. The molecule has 3 rings (SSSR count). The maximum atomic E-state index is 12.2. The van der Waals surface area contributed by atoms with Gasteiger partial charge in [0.25, 0.3) is 5.91 Å². The van der Waals surface area contributed by atoms with Crippen LogP contribution in [0.2, 0.25) is 0 Å². The lowest BCUT2D eigenvalue weighted by molar-refractivity contribution is -0.136. The standard InChI is InChI=1S/C27H28N4O4/c1-4-21-9-5-6-10-24(21)29-25(32)17-35-22-14-12-20(13-15-22)16-28-31-27(34)26(33)30-23-11-7-8-18(2)19(23)3/h5-16H,4,17H2,1-3H3,(H,29,32)(H,30,33)(H,31,34)/b28-16-. The number of ether oxygens (including phenoxy) is 1. The van der Waals surface area contributed by atoms with Crippen molar-refractivity contribution in [3.05, 3.63) is 89.0 Å². The van der Waals surface area contributed by atoms with Crippen molar-refractivity contribution in [3.63, 3.8) is 0 Å². The zero-order chi connectivity index (χ0) is 25.2. The molecule has 0 atom stereocenters. The van der Waals surface area contributed by atoms with Crippen molar-refractivity contribution in [2.75, 3.05) is 17.2 Å². The first-order valence-corrected chi connectivity index (χ1v) is 11.2. The number of rotatable bonds is 8. The van der Waals surface area contributed by atoms with Crippen molar-refractivity contribution in [1.82, 2.24) is 5.43 Å². The molecule has 0 fully saturated rings. The number of benzene rings is 3. The highest BCUT2D eigenvalue weighted by atomic mass is 16.5. The van der Waals surface area contributed by atoms with Crippen molar-refractivity contribution in [3.8, 4) is 5.75 Å². The molecule has 180 valence electrons. The highest BCUT2D eigenvalue weighted by molar-refractivity contribution is 6.39. The zero-order valence-corrected chi connectivity index (χ0v) is 19.9. The second-order valence-corrected chi connectivity index (χ2v) is 7.82. The second kappa shape index (κ2) is 12.1. The van der Waals surface area contributed by atoms with E-state index in [1.54, 1.807) is 36.4 Å². The Balaban J connectivity index is 1.46. The summed E-state index contributed by atoms with van der Waals surface area (Å²) < 4.78 is 5.54. The van der Waals surface area contributed by atoms with Crippen molar-refractivity contribution < 1.29 is 19.1 Å². The van der Waals surface area contributed by atoms with Crippen LogP contribution in [-0.2, 0) is 20.8 Å². The number of hydrazone groups is 1. The number of hydrogen-bond acceptors (Lipinski definition) is 5. The minimum atomic E-state index is -0.877. The van der Waals surface area contributed by atoms with Crippen LogP contribution in [0.15, 0.2) is 71.8 Å². The molecule has 8 heteroatoms. The van der Waals surface area contributed by atoms with Crippen LogP contribution in [0.1, 0.15) is 29.2 Å². The van der Waals surface area contributed by atoms with Gasteiger partial charge in [-0.25, -0.2) is 5.43 Å². The summed E-state index contributed by atoms with van der Waals surface area (Å²) in [4.78, 5) is 36.3. The van der Waals surface area contributed by atoms with Gasteiger partial charge in [-0.2, -0.15) is 5.10 Å². The lowest BCUT2D eigenvalue weighted by atomic mass is 10.1. The summed E-state index contributed by atoms with van der Waals surface area (Å²) in [5.41, 5.74) is 7.19. The first-order valence-electron chi connectivity index (χ1n) is 11.2. The smallest absolute Gasteiger partial charge is 0.329 e. The minimum Gasteiger partial charge on any atom is -0.484 e. The van der Waals surface area contributed by atoms with E-state index in [0.29, 0.717) is 17.0 Å². The highest BCUT2D eigenvalue weighted by Gasteiger charge is 2.14. The fourth-order valence-corrected chi connectivity index (χ4v) is 3.22. The Morgan fingerprint density at radius 2 is 1.57 bits per heavy atom. The molecule has 35 heavy (non-hydrogen) atoms. The molecule has 3 aromatic carbocycles. The number of nitrogens with one attached hydrogen (secondary N) is 3. The van der Waals surface area contributed by atoms with Gasteiger partial charge in [-0.1, -0.05) is 37.3 Å². The van der Waals surface area contributed by atoms with Gasteiger partial charge in [-0.15, -0.1) is 0 Å². The van der Waals surface area contributed by atoms with Gasteiger partial charge in [0.15, 0.2) is 6.61 Å². The summed E-state index contributed by atoms with van der Waals surface area (Å²) in [5.74, 6) is -1.42. The van der Waals surface area contributed by atoms with Gasteiger partial charge < -0.3 is 15.4 Å². The van der Waals surface area contributed by atoms with E-state index >= 15 is 0 Å². The molecular weight excluding hydrogens is 444 g/mol. The molecule has 0 spiro atoms. The molecule has 3 aromatic rings. The van der Waals surface area contributed by atoms with Crippen molar-refractivity contribution >= 4 is 35.3 Å². The lowest BCUT2D eigenvalue weighted by Gasteiger charge is -2.10. The third kappa shape index (κ3) is 7.26. The zero-order valence-electron chi connectivity index (χ0n) is 19.9. The van der Waals surface area contributed by atoms with E-state index in [2.05, 4.69) is 21.2 Å². The van der Waals surface area contributed by atoms with Gasteiger partial charge in [0.1, 0.15) is 5.75 Å². The predicted molar refractivity (Wildman–Crippen MR) is 137 cm³/mol. The molecule has 0 heterocycles. The van der Waals surface area contributed by atoms with Crippen molar-refractivity contribution in [2.24, 2.45) is 5.10 Å². The largest absolute Gasteiger partial charge is 0.484 e. The van der Waals surface area contributed by atoms with Gasteiger partial charge >= 0.3 is 11.8 Å². The summed E-state index contributed by atoms with van der Waals surface area (Å²) in [7, 11) is 0. The van der Waals surface area contributed by atoms with Gasteiger partial charge in [0, 0.05) is 11.4 Å². The summed E-state index contributed by atoms with van der Waals surface area (Å²) in [5, 5.41) is 9.25. The molecule has 0 radical (unpaired) electrons. The van der Waals surface area contributed by atoms with E-state index < -0.39 is 11.8 Å². The average Bonchev–Trinajstić information content (AvgIpc) is 2.86. The molecule has 0 aliphatic rings. The average molecular weight is 473 g/mol. The van der Waals surface area contributed by atoms with E-state index in [1.165, 1.54) is 6.21 Å². The molecule has 0 bridgehead atoms. The summed E-state index contributed by atoms with van der Waals surface area (Å²) in [6.45, 7) is 5.69. The third-order valence-corrected chi connectivity index (χ3v) is 5.36. The molecule has 0 aromatic heterocycles. The Morgan fingerprint density at radius 3 is 2.31 bits per heavy atom. The van der Waals surface area contributed by atoms with Crippen LogP contribution in [-0.4, -0.2) is 30.5 Å². The Labute approximate surface area is 204 Å². The van der Waals surface area contributed by atoms with Crippen molar-refractivity contribution in [1.29, 1.82) is 0 Å². The van der Waals surface area contributed by atoms with Crippen LogP contribution in [0, 0.1) is 13.8 Å². The molecule has 0 unspecified atom stereocenters. The SMILES string of the molecule is CCc1ccccc1NC(=O)COc1ccc(/C=N\NC(=O)C(=O)Nc2cccc(C)c2C)cc1. The summed E-state index contributed by atoms with van der Waals surface area (Å²) >= 11 is 0. The molecule has 0 aliphatic carbocycles. The Morgan fingerprint density at radius 1 is 0.857 bits per heavy atom. The number of hydrogen-bond donors (Lipinski definition) is 3. The number of para-hydroxylation sites is 1. The van der Waals surface area contributed by atoms with Crippen LogP contribution < -0.4 is 20.8 Å². The van der Waals surface area contributed by atoms with Gasteiger partial charge in [0.2, 0.25) is 0 Å². The number of carbonyl (C=O) groups excluding carboxylic acids is 3. The van der Waals surface area contributed by atoms with Crippen LogP contribution in [0.25, 0.3) is 0 Å². The first-order chi connectivity index (χ1) is 16.9. The molecule has 0 aliphatic heterocycles. The molecular formula is C27H28N4O4. The third-order valence-electron chi connectivity index (χ3n) is 5.36. The number of carbonyl (C=O) groups is 3. The fourth-order valence-electron chi connectivity index (χ4n) is 3.22. The minimum absolute atomic E-state index is 0.128. The normalized spacial score (nSPS) is 10.6. The molecule has 8 nitrogen and oxygen atoms in total. The van der Waals surface area contributed by atoms with Crippen LogP contribution in [0.4, 0.5) is 11.4 Å². The van der Waals surface area contributed by atoms with E-state index in [9.17, 15) is 14.4 Å². The highest BCUT2D eigenvalue weighted by Crippen LogP contribution is 2.18. The quantitative estimate of drug-likeness (QED) is 0.262. The Bertz CT molecular complexity index is 1240. The van der Waals surface area contributed by atoms with Gasteiger partial charge in [0.05, 0.1) is 6.21 Å². The second-order valence-electron chi connectivity index (χ2n) is 7.82. The maximum absolute atomic E-state index is 12.2. The van der Waals surface area contributed by atoms with Crippen LogP contribution >= 0.6 is 0 Å². The van der Waals surface area contributed by atoms with Crippen LogP contribution in [0.3, 0.4) is 0 Å². The van der Waals surface area contributed by atoms with E-state index in [1.807, 2.05) is 51.1 Å². The number of amides is 3. The molecule has 3 N–H and O–H groups in total. The summed E-state index contributed by atoms with van der Waals surface area (Å²) in [6, 6.07) is 19.9. The topological polar surface area (TPSA) is 109 Å². The Hall–Kier alpha value is -4.46. The summed E-state index contributed by atoms with van der Waals surface area (Å²) in [6.07, 6.45) is 2.22.